The highest BCUT2D eigenvalue weighted by Crippen LogP contribution is 2.38. The Morgan fingerprint density at radius 3 is 3.00 bits per heavy atom. The molecule has 5 nitrogen and oxygen atoms in total. The lowest BCUT2D eigenvalue weighted by molar-refractivity contribution is -0.115. The Kier molecular flexibility index (Phi) is 3.98. The monoisotopic (exact) mass is 342 g/mol. The van der Waals surface area contributed by atoms with Gasteiger partial charge in [0.05, 0.1) is 12.2 Å². The maximum absolute atomic E-state index is 12.5. The summed E-state index contributed by atoms with van der Waals surface area (Å²) in [4.78, 5) is 15.8. The van der Waals surface area contributed by atoms with Gasteiger partial charge in [-0.2, -0.15) is 0 Å². The molecule has 2 aliphatic heterocycles. The Bertz CT molecular complexity index is 781. The van der Waals surface area contributed by atoms with Crippen LogP contribution in [0.3, 0.4) is 0 Å². The number of nitrogens with zero attached hydrogens (tertiary/aromatic N) is 1. The molecule has 1 N–H and O–H groups in total. The average Bonchev–Trinajstić information content (AvgIpc) is 3.02. The molecule has 0 aliphatic carbocycles. The van der Waals surface area contributed by atoms with Crippen LogP contribution in [0, 0.1) is 0 Å². The minimum absolute atomic E-state index is 0.0391. The van der Waals surface area contributed by atoms with Crippen molar-refractivity contribution in [3.05, 3.63) is 42.5 Å². The van der Waals surface area contributed by atoms with Crippen LogP contribution in [0.2, 0.25) is 0 Å². The zero-order chi connectivity index (χ0) is 16.5. The first-order valence-corrected chi connectivity index (χ1v) is 8.77. The van der Waals surface area contributed by atoms with Crippen LogP contribution in [-0.4, -0.2) is 31.0 Å². The summed E-state index contributed by atoms with van der Waals surface area (Å²) in [6.07, 6.45) is 0. The van der Waals surface area contributed by atoms with E-state index in [-0.39, 0.29) is 12.7 Å². The van der Waals surface area contributed by atoms with Crippen LogP contribution in [0.1, 0.15) is 6.92 Å². The van der Waals surface area contributed by atoms with Crippen molar-refractivity contribution in [1.29, 1.82) is 0 Å². The molecule has 0 saturated heterocycles. The highest BCUT2D eigenvalue weighted by molar-refractivity contribution is 8.00. The molecule has 2 heterocycles. The molecule has 0 aromatic heterocycles. The second-order valence-electron chi connectivity index (χ2n) is 5.89. The molecule has 124 valence electrons. The summed E-state index contributed by atoms with van der Waals surface area (Å²) < 4.78 is 10.6. The van der Waals surface area contributed by atoms with Crippen molar-refractivity contribution < 1.29 is 14.3 Å². The van der Waals surface area contributed by atoms with Crippen molar-refractivity contribution in [3.8, 4) is 11.5 Å². The summed E-state index contributed by atoms with van der Waals surface area (Å²) >= 11 is 1.86. The van der Waals surface area contributed by atoms with Gasteiger partial charge in [-0.15, -0.1) is 11.8 Å². The molecule has 0 bridgehead atoms. The first kappa shape index (κ1) is 15.2. The number of nitrogens with one attached hydrogen (secondary N) is 1. The Morgan fingerprint density at radius 2 is 2.08 bits per heavy atom. The first-order chi connectivity index (χ1) is 11.7. The molecule has 1 atom stereocenters. The zero-order valence-corrected chi connectivity index (χ0v) is 14.1. The largest absolute Gasteiger partial charge is 0.454 e. The summed E-state index contributed by atoms with van der Waals surface area (Å²) in [5, 5.41) is 3.40. The summed E-state index contributed by atoms with van der Waals surface area (Å²) in [5.41, 5.74) is 1.85. The van der Waals surface area contributed by atoms with E-state index in [1.807, 2.05) is 36.0 Å². The van der Waals surface area contributed by atoms with Crippen LogP contribution in [0.15, 0.2) is 47.4 Å². The first-order valence-electron chi connectivity index (χ1n) is 7.89. The van der Waals surface area contributed by atoms with Crippen molar-refractivity contribution in [2.45, 2.75) is 17.1 Å². The van der Waals surface area contributed by atoms with Crippen LogP contribution in [0.4, 0.5) is 11.4 Å². The van der Waals surface area contributed by atoms with E-state index in [4.69, 9.17) is 9.47 Å². The number of benzene rings is 2. The van der Waals surface area contributed by atoms with Gasteiger partial charge in [-0.3, -0.25) is 4.79 Å². The number of rotatable bonds is 3. The number of amides is 1. The number of hydrogen-bond donors (Lipinski definition) is 1. The fourth-order valence-corrected chi connectivity index (χ4v) is 4.14. The lowest BCUT2D eigenvalue weighted by Gasteiger charge is -2.33. The van der Waals surface area contributed by atoms with Gasteiger partial charge in [-0.1, -0.05) is 19.1 Å². The number of ether oxygens (including phenoxy) is 2. The summed E-state index contributed by atoms with van der Waals surface area (Å²) in [6, 6.07) is 13.7. The van der Waals surface area contributed by atoms with Crippen LogP contribution in [0.5, 0.6) is 11.5 Å². The number of carbonyl (C=O) groups is 1. The van der Waals surface area contributed by atoms with E-state index in [0.29, 0.717) is 23.3 Å². The van der Waals surface area contributed by atoms with Crippen molar-refractivity contribution in [3.63, 3.8) is 0 Å². The standard InChI is InChI=1S/C18H18N2O3S/c1-12-9-20(14-4-2-3-5-17(14)24-12)10-18(21)19-13-6-7-15-16(8-13)23-11-22-15/h2-8,12H,9-11H2,1H3,(H,19,21)/t12-/m1/s1. The summed E-state index contributed by atoms with van der Waals surface area (Å²) in [7, 11) is 0. The molecule has 2 aromatic rings. The second kappa shape index (κ2) is 6.28. The third-order valence-corrected chi connectivity index (χ3v) is 5.15. The fourth-order valence-electron chi connectivity index (χ4n) is 2.98. The zero-order valence-electron chi connectivity index (χ0n) is 13.3. The molecule has 0 fully saturated rings. The predicted molar refractivity (Wildman–Crippen MR) is 95.2 cm³/mol. The van der Waals surface area contributed by atoms with Crippen molar-refractivity contribution in [1.82, 2.24) is 0 Å². The minimum Gasteiger partial charge on any atom is -0.454 e. The molecule has 0 saturated carbocycles. The molecule has 6 heteroatoms. The Morgan fingerprint density at radius 1 is 1.25 bits per heavy atom. The van der Waals surface area contributed by atoms with Gasteiger partial charge in [-0.05, 0) is 24.3 Å². The molecule has 0 radical (unpaired) electrons. The summed E-state index contributed by atoms with van der Waals surface area (Å²) in [5.74, 6) is 1.34. The van der Waals surface area contributed by atoms with Gasteiger partial charge < -0.3 is 19.7 Å². The van der Waals surface area contributed by atoms with Crippen molar-refractivity contribution in [2.24, 2.45) is 0 Å². The van der Waals surface area contributed by atoms with Gasteiger partial charge in [-0.25, -0.2) is 0 Å². The number of fused-ring (bicyclic) bond motifs is 2. The van der Waals surface area contributed by atoms with Gasteiger partial charge in [0.25, 0.3) is 0 Å². The van der Waals surface area contributed by atoms with E-state index in [9.17, 15) is 4.79 Å². The normalized spacial score (nSPS) is 18.2. The maximum Gasteiger partial charge on any atom is 0.243 e. The van der Waals surface area contributed by atoms with Crippen molar-refractivity contribution >= 4 is 29.0 Å². The van der Waals surface area contributed by atoms with Gasteiger partial charge in [0, 0.05) is 28.4 Å². The SMILES string of the molecule is C[C@@H]1CN(CC(=O)Nc2ccc3c(c2)OCO3)c2ccccc2S1. The van der Waals surface area contributed by atoms with Crippen LogP contribution in [0.25, 0.3) is 0 Å². The van der Waals surface area contributed by atoms with Gasteiger partial charge in [0.15, 0.2) is 11.5 Å². The van der Waals surface area contributed by atoms with E-state index in [0.717, 1.165) is 17.9 Å². The van der Waals surface area contributed by atoms with E-state index >= 15 is 0 Å². The Hall–Kier alpha value is -2.34. The van der Waals surface area contributed by atoms with E-state index < -0.39 is 0 Å². The molecule has 2 aromatic carbocycles. The van der Waals surface area contributed by atoms with Gasteiger partial charge >= 0.3 is 0 Å². The molecule has 24 heavy (non-hydrogen) atoms. The van der Waals surface area contributed by atoms with E-state index in [1.165, 1.54) is 4.90 Å². The molecule has 2 aliphatic rings. The highest BCUT2D eigenvalue weighted by Gasteiger charge is 2.24. The molecular weight excluding hydrogens is 324 g/mol. The topological polar surface area (TPSA) is 50.8 Å². The number of hydrogen-bond acceptors (Lipinski definition) is 5. The number of thioether (sulfide) groups is 1. The maximum atomic E-state index is 12.5. The molecular formula is C18H18N2O3S. The predicted octanol–water partition coefficient (Wildman–Crippen LogP) is 3.35. The smallest absolute Gasteiger partial charge is 0.243 e. The van der Waals surface area contributed by atoms with Gasteiger partial charge in [0.1, 0.15) is 0 Å². The van der Waals surface area contributed by atoms with Crippen LogP contribution < -0.4 is 19.7 Å². The average molecular weight is 342 g/mol. The molecule has 0 spiro atoms. The third-order valence-electron chi connectivity index (χ3n) is 4.00. The van der Waals surface area contributed by atoms with Gasteiger partial charge in [0.2, 0.25) is 12.7 Å². The molecule has 1 amide bonds. The Labute approximate surface area is 144 Å². The molecule has 0 unspecified atom stereocenters. The lowest BCUT2D eigenvalue weighted by atomic mass is 10.2. The van der Waals surface area contributed by atoms with Crippen molar-refractivity contribution in [2.75, 3.05) is 30.1 Å². The number of anilines is 2. The molecule has 4 rings (SSSR count). The quantitative estimate of drug-likeness (QED) is 0.927. The minimum atomic E-state index is -0.0391. The second-order valence-corrected chi connectivity index (χ2v) is 7.37. The van der Waals surface area contributed by atoms with Crippen LogP contribution >= 0.6 is 11.8 Å². The summed E-state index contributed by atoms with van der Waals surface area (Å²) in [6.45, 7) is 3.60. The van der Waals surface area contributed by atoms with E-state index in [1.54, 1.807) is 6.07 Å². The van der Waals surface area contributed by atoms with E-state index in [2.05, 4.69) is 29.3 Å². The third kappa shape index (κ3) is 3.01. The number of carbonyl (C=O) groups excluding carboxylic acids is 1. The Balaban J connectivity index is 1.46. The fraction of sp³-hybridized carbons (Fsp3) is 0.278. The highest BCUT2D eigenvalue weighted by atomic mass is 32.2. The lowest BCUT2D eigenvalue weighted by Crippen LogP contribution is -2.39. The number of para-hydroxylation sites is 1. The van der Waals surface area contributed by atoms with Crippen LogP contribution in [-0.2, 0) is 4.79 Å².